The molecule has 0 radical (unpaired) electrons. The molecular weight excluding hydrogens is 368 g/mol. The van der Waals surface area contributed by atoms with Crippen LogP contribution in [-0.4, -0.2) is 41.3 Å². The number of nitrogens with one attached hydrogen (secondary N) is 1. The Morgan fingerprint density at radius 2 is 1.81 bits per heavy atom. The summed E-state index contributed by atoms with van der Waals surface area (Å²) in [5.41, 5.74) is 1.88. The van der Waals surface area contributed by atoms with Crippen molar-refractivity contribution in [3.63, 3.8) is 0 Å². The molecule has 0 atom stereocenters. The summed E-state index contributed by atoms with van der Waals surface area (Å²) >= 11 is 0. The van der Waals surface area contributed by atoms with Crippen molar-refractivity contribution in [2.75, 3.05) is 36.6 Å². The van der Waals surface area contributed by atoms with Crippen molar-refractivity contribution < 1.29 is 22.7 Å². The number of amides is 1. The molecule has 8 heteroatoms. The molecule has 2 rings (SSSR count). The Kier molecular flexibility index (Phi) is 6.68. The van der Waals surface area contributed by atoms with Gasteiger partial charge in [0.15, 0.2) is 0 Å². The lowest BCUT2D eigenvalue weighted by molar-refractivity contribution is -0.116. The van der Waals surface area contributed by atoms with Gasteiger partial charge in [-0.15, -0.1) is 0 Å². The van der Waals surface area contributed by atoms with E-state index in [9.17, 15) is 13.2 Å². The first-order valence-corrected chi connectivity index (χ1v) is 10.2. The molecule has 0 spiro atoms. The van der Waals surface area contributed by atoms with E-state index in [2.05, 4.69) is 5.32 Å². The number of hydrogen-bond acceptors (Lipinski definition) is 5. The first kappa shape index (κ1) is 20.6. The minimum atomic E-state index is -3.52. The van der Waals surface area contributed by atoms with Crippen LogP contribution in [0.15, 0.2) is 42.5 Å². The highest BCUT2D eigenvalue weighted by molar-refractivity contribution is 7.92. The van der Waals surface area contributed by atoms with Gasteiger partial charge in [0, 0.05) is 19.0 Å². The van der Waals surface area contributed by atoms with Crippen LogP contribution in [0.3, 0.4) is 0 Å². The van der Waals surface area contributed by atoms with Gasteiger partial charge >= 0.3 is 0 Å². The number of aryl methyl sites for hydroxylation is 1. The summed E-state index contributed by atoms with van der Waals surface area (Å²) in [6.45, 7) is 1.86. The third-order valence-corrected chi connectivity index (χ3v) is 5.19. The summed E-state index contributed by atoms with van der Waals surface area (Å²) < 4.78 is 36.0. The lowest BCUT2D eigenvalue weighted by Gasteiger charge is -2.24. The van der Waals surface area contributed by atoms with E-state index < -0.39 is 10.0 Å². The standard InChI is InChI=1S/C19H24N2O5S/c1-14-7-5-6-8-17(14)21(27(4,23)24)12-11-19(22)20-16-10-9-15(25-2)13-18(16)26-3/h5-10,13H,11-12H2,1-4H3,(H,20,22). The maximum absolute atomic E-state index is 12.4. The molecule has 1 N–H and O–H groups in total. The van der Waals surface area contributed by atoms with E-state index in [0.29, 0.717) is 22.9 Å². The molecule has 27 heavy (non-hydrogen) atoms. The number of para-hydroxylation sites is 1. The summed E-state index contributed by atoms with van der Waals surface area (Å²) in [6, 6.07) is 12.2. The first-order valence-electron chi connectivity index (χ1n) is 8.31. The zero-order valence-electron chi connectivity index (χ0n) is 15.9. The zero-order valence-corrected chi connectivity index (χ0v) is 16.7. The van der Waals surface area contributed by atoms with Crippen LogP contribution in [0.1, 0.15) is 12.0 Å². The lowest BCUT2D eigenvalue weighted by atomic mass is 10.2. The smallest absolute Gasteiger partial charge is 0.232 e. The summed E-state index contributed by atoms with van der Waals surface area (Å²) in [4.78, 5) is 12.4. The van der Waals surface area contributed by atoms with Crippen LogP contribution in [0.2, 0.25) is 0 Å². The predicted molar refractivity (Wildman–Crippen MR) is 106 cm³/mol. The number of methoxy groups -OCH3 is 2. The maximum atomic E-state index is 12.4. The second-order valence-corrected chi connectivity index (χ2v) is 7.89. The molecule has 2 aromatic rings. The van der Waals surface area contributed by atoms with Crippen molar-refractivity contribution in [1.82, 2.24) is 0 Å². The number of benzene rings is 2. The summed E-state index contributed by atoms with van der Waals surface area (Å²) in [7, 11) is -0.485. The number of carbonyl (C=O) groups excluding carboxylic acids is 1. The highest BCUT2D eigenvalue weighted by Gasteiger charge is 2.20. The predicted octanol–water partition coefficient (Wildman–Crippen LogP) is 2.81. The van der Waals surface area contributed by atoms with E-state index in [1.165, 1.54) is 11.4 Å². The Balaban J connectivity index is 2.12. The third-order valence-electron chi connectivity index (χ3n) is 4.01. The molecule has 0 saturated carbocycles. The Labute approximate surface area is 160 Å². The van der Waals surface area contributed by atoms with Gasteiger partial charge in [0.25, 0.3) is 0 Å². The average Bonchev–Trinajstić information content (AvgIpc) is 2.62. The van der Waals surface area contributed by atoms with E-state index >= 15 is 0 Å². The molecule has 146 valence electrons. The number of nitrogens with zero attached hydrogens (tertiary/aromatic N) is 1. The minimum absolute atomic E-state index is 0.00339. The van der Waals surface area contributed by atoms with Gasteiger partial charge in [-0.25, -0.2) is 8.42 Å². The molecule has 2 aromatic carbocycles. The number of carbonyl (C=O) groups is 1. The average molecular weight is 392 g/mol. The molecule has 0 aliphatic rings. The molecule has 7 nitrogen and oxygen atoms in total. The van der Waals surface area contributed by atoms with Crippen molar-refractivity contribution in [3.05, 3.63) is 48.0 Å². The van der Waals surface area contributed by atoms with Gasteiger partial charge in [-0.1, -0.05) is 18.2 Å². The topological polar surface area (TPSA) is 84.9 Å². The first-order chi connectivity index (χ1) is 12.8. The normalized spacial score (nSPS) is 11.0. The Morgan fingerprint density at radius 1 is 1.11 bits per heavy atom. The van der Waals surface area contributed by atoms with E-state index in [4.69, 9.17) is 9.47 Å². The Hall–Kier alpha value is -2.74. The van der Waals surface area contributed by atoms with Crippen LogP contribution < -0.4 is 19.1 Å². The molecular formula is C19H24N2O5S. The number of ether oxygens (including phenoxy) is 2. The summed E-state index contributed by atoms with van der Waals surface area (Å²) in [6.07, 6.45) is 1.13. The molecule has 0 saturated heterocycles. The second kappa shape index (κ2) is 8.77. The fourth-order valence-electron chi connectivity index (χ4n) is 2.63. The van der Waals surface area contributed by atoms with Crippen LogP contribution in [0, 0.1) is 6.92 Å². The molecule has 0 aliphatic heterocycles. The monoisotopic (exact) mass is 392 g/mol. The van der Waals surface area contributed by atoms with Gasteiger partial charge in [0.05, 0.1) is 31.9 Å². The molecule has 1 amide bonds. The Morgan fingerprint density at radius 3 is 2.41 bits per heavy atom. The van der Waals surface area contributed by atoms with Gasteiger partial charge < -0.3 is 14.8 Å². The van der Waals surface area contributed by atoms with Crippen molar-refractivity contribution in [2.45, 2.75) is 13.3 Å². The van der Waals surface area contributed by atoms with Crippen molar-refractivity contribution in [3.8, 4) is 11.5 Å². The second-order valence-electron chi connectivity index (χ2n) is 5.99. The van der Waals surface area contributed by atoms with Crippen LogP contribution >= 0.6 is 0 Å². The van der Waals surface area contributed by atoms with E-state index in [1.807, 2.05) is 19.1 Å². The van der Waals surface area contributed by atoms with E-state index in [1.54, 1.807) is 37.4 Å². The summed E-state index contributed by atoms with van der Waals surface area (Å²) in [5.74, 6) is 0.745. The zero-order chi connectivity index (χ0) is 20.0. The summed E-state index contributed by atoms with van der Waals surface area (Å²) in [5, 5.41) is 2.74. The minimum Gasteiger partial charge on any atom is -0.497 e. The van der Waals surface area contributed by atoms with Gasteiger partial charge in [-0.2, -0.15) is 0 Å². The third kappa shape index (κ3) is 5.37. The molecule has 0 aliphatic carbocycles. The highest BCUT2D eigenvalue weighted by Crippen LogP contribution is 2.29. The van der Waals surface area contributed by atoms with Gasteiger partial charge in [0.2, 0.25) is 15.9 Å². The number of sulfonamides is 1. The Bertz CT molecular complexity index is 912. The molecule has 0 heterocycles. The van der Waals surface area contributed by atoms with Crippen molar-refractivity contribution in [2.24, 2.45) is 0 Å². The quantitative estimate of drug-likeness (QED) is 0.747. The molecule has 0 bridgehead atoms. The molecule has 0 unspecified atom stereocenters. The van der Waals surface area contributed by atoms with Gasteiger partial charge in [-0.3, -0.25) is 9.10 Å². The van der Waals surface area contributed by atoms with Gasteiger partial charge in [0.1, 0.15) is 11.5 Å². The fourth-order valence-corrected chi connectivity index (χ4v) is 3.61. The van der Waals surface area contributed by atoms with Crippen molar-refractivity contribution in [1.29, 1.82) is 0 Å². The molecule has 0 fully saturated rings. The number of rotatable bonds is 8. The van der Waals surface area contributed by atoms with Crippen molar-refractivity contribution >= 4 is 27.3 Å². The van der Waals surface area contributed by atoms with Gasteiger partial charge in [-0.05, 0) is 30.7 Å². The number of hydrogen-bond donors (Lipinski definition) is 1. The highest BCUT2D eigenvalue weighted by atomic mass is 32.2. The van der Waals surface area contributed by atoms with E-state index in [-0.39, 0.29) is 18.9 Å². The van der Waals surface area contributed by atoms with Crippen LogP contribution in [0.25, 0.3) is 0 Å². The van der Waals surface area contributed by atoms with Crippen LogP contribution in [0.4, 0.5) is 11.4 Å². The van der Waals surface area contributed by atoms with Crippen LogP contribution in [0.5, 0.6) is 11.5 Å². The lowest BCUT2D eigenvalue weighted by Crippen LogP contribution is -2.33. The molecule has 0 aromatic heterocycles. The fraction of sp³-hybridized carbons (Fsp3) is 0.316. The SMILES string of the molecule is COc1ccc(NC(=O)CCN(c2ccccc2C)S(C)(=O)=O)c(OC)c1. The largest absolute Gasteiger partial charge is 0.497 e. The maximum Gasteiger partial charge on any atom is 0.232 e. The van der Waals surface area contributed by atoms with Crippen LogP contribution in [-0.2, 0) is 14.8 Å². The van der Waals surface area contributed by atoms with E-state index in [0.717, 1.165) is 11.8 Å². The number of anilines is 2.